The van der Waals surface area contributed by atoms with Crippen LogP contribution in [0.5, 0.6) is 0 Å². The summed E-state index contributed by atoms with van der Waals surface area (Å²) in [6, 6.07) is 9.27. The first-order valence-electron chi connectivity index (χ1n) is 8.54. The molecule has 7 nitrogen and oxygen atoms in total. The van der Waals surface area contributed by atoms with E-state index in [0.717, 1.165) is 37.7 Å². The number of rotatable bonds is 14. The summed E-state index contributed by atoms with van der Waals surface area (Å²) in [5.41, 5.74) is 0.936. The van der Waals surface area contributed by atoms with Crippen LogP contribution in [0.3, 0.4) is 0 Å². The van der Waals surface area contributed by atoms with Crippen LogP contribution in [0.2, 0.25) is 0 Å². The van der Waals surface area contributed by atoms with E-state index in [1.165, 1.54) is 0 Å². The van der Waals surface area contributed by atoms with Crippen LogP contribution in [0, 0.1) is 0 Å². The number of hydrogen-bond donors (Lipinski definition) is 2. The van der Waals surface area contributed by atoms with Gasteiger partial charge in [0.25, 0.3) is 0 Å². The zero-order valence-electron chi connectivity index (χ0n) is 14.6. The predicted molar refractivity (Wildman–Crippen MR) is 97.3 cm³/mol. The van der Waals surface area contributed by atoms with Gasteiger partial charge in [-0.05, 0) is 18.4 Å². The number of sulfonamides is 1. The molecule has 1 unspecified atom stereocenters. The molecule has 9 heteroatoms. The van der Waals surface area contributed by atoms with E-state index in [9.17, 15) is 17.9 Å². The molecule has 144 valence electrons. The summed E-state index contributed by atoms with van der Waals surface area (Å²) in [6.45, 7) is 2.05. The summed E-state index contributed by atoms with van der Waals surface area (Å²) in [6.07, 6.45) is 6.02. The van der Waals surface area contributed by atoms with Crippen molar-refractivity contribution in [2.45, 2.75) is 51.9 Å². The largest absolute Gasteiger partial charge is 0.489 e. The Morgan fingerprint density at radius 3 is 2.40 bits per heavy atom. The van der Waals surface area contributed by atoms with E-state index >= 15 is 0 Å². The first-order chi connectivity index (χ1) is 11.8. The lowest BCUT2D eigenvalue weighted by Gasteiger charge is -2.12. The minimum Gasteiger partial charge on any atom is -0.301 e. The van der Waals surface area contributed by atoms with Crippen LogP contribution in [0.1, 0.15) is 51.0 Å². The highest BCUT2D eigenvalue weighted by molar-refractivity contribution is 7.89. The number of phosphoric ester groups is 1. The third kappa shape index (κ3) is 11.5. The van der Waals surface area contributed by atoms with Crippen LogP contribution in [0.25, 0.3) is 0 Å². The zero-order chi connectivity index (χ0) is 18.6. The van der Waals surface area contributed by atoms with E-state index in [0.29, 0.717) is 12.8 Å². The Morgan fingerprint density at radius 2 is 1.72 bits per heavy atom. The van der Waals surface area contributed by atoms with Gasteiger partial charge >= 0.3 is 7.82 Å². The quantitative estimate of drug-likeness (QED) is 0.285. The molecular weight excluding hydrogens is 365 g/mol. The lowest BCUT2D eigenvalue weighted by atomic mass is 10.1. The fraction of sp³-hybridized carbons (Fsp3) is 0.625. The molecule has 1 aromatic rings. The summed E-state index contributed by atoms with van der Waals surface area (Å²) in [4.78, 5) is 11.2. The second-order valence-electron chi connectivity index (χ2n) is 5.80. The molecule has 0 saturated heterocycles. The van der Waals surface area contributed by atoms with Gasteiger partial charge in [0.15, 0.2) is 0 Å². The van der Waals surface area contributed by atoms with Crippen molar-refractivity contribution in [2.24, 2.45) is 0 Å². The second-order valence-corrected chi connectivity index (χ2v) is 8.98. The third-order valence-corrected chi connectivity index (χ3v) is 5.65. The van der Waals surface area contributed by atoms with Crippen molar-refractivity contribution in [3.63, 3.8) is 0 Å². The van der Waals surface area contributed by atoms with Crippen LogP contribution < -0.4 is 4.89 Å². The molecule has 0 aliphatic rings. The van der Waals surface area contributed by atoms with Gasteiger partial charge < -0.3 is 4.89 Å². The summed E-state index contributed by atoms with van der Waals surface area (Å²) >= 11 is 0. The number of phosphoric acid groups is 1. The van der Waals surface area contributed by atoms with Crippen molar-refractivity contribution in [1.82, 2.24) is 4.89 Å². The van der Waals surface area contributed by atoms with Crippen molar-refractivity contribution < 1.29 is 27.0 Å². The lowest BCUT2D eigenvalue weighted by molar-refractivity contribution is 0.130. The summed E-state index contributed by atoms with van der Waals surface area (Å²) in [7, 11) is -8.24. The molecular formula is C16H28NO6PS. The summed E-state index contributed by atoms with van der Waals surface area (Å²) in [5, 5.41) is 0. The minimum atomic E-state index is -4.47. The molecule has 1 aromatic carbocycles. The van der Waals surface area contributed by atoms with Gasteiger partial charge in [0.2, 0.25) is 10.0 Å². The fourth-order valence-electron chi connectivity index (χ4n) is 2.17. The maximum Gasteiger partial charge on any atom is 0.489 e. The Bertz CT molecular complexity index is 623. The van der Waals surface area contributed by atoms with Gasteiger partial charge in [-0.2, -0.15) is 4.62 Å². The number of benzene rings is 1. The number of nitrogens with one attached hydrogen (secondary N) is 1. The zero-order valence-corrected chi connectivity index (χ0v) is 16.3. The van der Waals surface area contributed by atoms with E-state index in [2.05, 4.69) is 11.5 Å². The second kappa shape index (κ2) is 11.8. The Kier molecular flexibility index (Phi) is 10.5. The van der Waals surface area contributed by atoms with Crippen molar-refractivity contribution in [1.29, 1.82) is 0 Å². The summed E-state index contributed by atoms with van der Waals surface area (Å²) in [5.74, 6) is -0.150. The molecule has 0 spiro atoms. The fourth-order valence-corrected chi connectivity index (χ4v) is 4.04. The van der Waals surface area contributed by atoms with E-state index < -0.39 is 17.8 Å². The van der Waals surface area contributed by atoms with Crippen molar-refractivity contribution in [3.8, 4) is 0 Å². The Labute approximate surface area is 150 Å². The molecule has 0 aromatic heterocycles. The molecule has 1 rings (SSSR count). The molecule has 0 saturated carbocycles. The standard InChI is InChI=1S/C16H28NO6PS/c1-2-3-4-5-6-10-15-25(20,21)17-23-24(18,19)22-14-13-16-11-8-7-9-12-16/h7-9,11-12,17H,2-6,10,13-15H2,1H3,(H,18,19). The summed E-state index contributed by atoms with van der Waals surface area (Å²) < 4.78 is 44.3. The van der Waals surface area contributed by atoms with Crippen molar-refractivity contribution in [3.05, 3.63) is 35.9 Å². The number of hydrogen-bond acceptors (Lipinski definition) is 5. The van der Waals surface area contributed by atoms with E-state index in [1.807, 2.05) is 30.3 Å². The van der Waals surface area contributed by atoms with Crippen LogP contribution in [-0.2, 0) is 30.2 Å². The van der Waals surface area contributed by atoms with Gasteiger partial charge in [-0.15, -0.1) is 0 Å². The molecule has 0 bridgehead atoms. The van der Waals surface area contributed by atoms with E-state index in [1.54, 1.807) is 4.89 Å². The van der Waals surface area contributed by atoms with Crippen molar-refractivity contribution in [2.75, 3.05) is 12.4 Å². The molecule has 0 radical (unpaired) electrons. The van der Waals surface area contributed by atoms with Gasteiger partial charge in [0.1, 0.15) is 0 Å². The maximum absolute atomic E-state index is 11.7. The van der Waals surface area contributed by atoms with Crippen LogP contribution in [0.4, 0.5) is 0 Å². The van der Waals surface area contributed by atoms with Crippen LogP contribution in [-0.4, -0.2) is 25.7 Å². The highest BCUT2D eigenvalue weighted by atomic mass is 32.2. The molecule has 0 fully saturated rings. The first kappa shape index (κ1) is 22.3. The lowest BCUT2D eigenvalue weighted by Crippen LogP contribution is -2.26. The molecule has 1 atom stereocenters. The molecule has 0 aliphatic heterocycles. The maximum atomic E-state index is 11.7. The molecule has 0 aliphatic carbocycles. The Balaban J connectivity index is 2.23. The highest BCUT2D eigenvalue weighted by Crippen LogP contribution is 2.42. The Morgan fingerprint density at radius 1 is 1.08 bits per heavy atom. The van der Waals surface area contributed by atoms with Crippen LogP contribution in [0.15, 0.2) is 30.3 Å². The third-order valence-electron chi connectivity index (χ3n) is 3.53. The average Bonchev–Trinajstić information content (AvgIpc) is 2.57. The van der Waals surface area contributed by atoms with E-state index in [-0.39, 0.29) is 12.4 Å². The molecule has 25 heavy (non-hydrogen) atoms. The van der Waals surface area contributed by atoms with Gasteiger partial charge in [-0.25, -0.2) is 13.0 Å². The van der Waals surface area contributed by atoms with Crippen molar-refractivity contribution >= 4 is 17.8 Å². The first-order valence-corrected chi connectivity index (χ1v) is 11.7. The highest BCUT2D eigenvalue weighted by Gasteiger charge is 2.24. The van der Waals surface area contributed by atoms with Crippen LogP contribution >= 0.6 is 7.82 Å². The minimum absolute atomic E-state index is 0.0586. The van der Waals surface area contributed by atoms with Gasteiger partial charge in [-0.3, -0.25) is 4.52 Å². The smallest absolute Gasteiger partial charge is 0.301 e. The average molecular weight is 393 g/mol. The predicted octanol–water partition coefficient (Wildman–Crippen LogP) is 3.56. The monoisotopic (exact) mass is 393 g/mol. The normalized spacial score (nSPS) is 14.3. The van der Waals surface area contributed by atoms with Gasteiger partial charge in [0, 0.05) is 0 Å². The topological polar surface area (TPSA) is 102 Å². The van der Waals surface area contributed by atoms with E-state index in [4.69, 9.17) is 4.52 Å². The van der Waals surface area contributed by atoms with Gasteiger partial charge in [0.05, 0.1) is 12.4 Å². The SMILES string of the molecule is CCCCCCCCS(=O)(=O)NOP(=O)(O)OCCc1ccccc1. The molecule has 0 amide bonds. The molecule has 2 N–H and O–H groups in total. The molecule has 0 heterocycles. The van der Waals surface area contributed by atoms with Gasteiger partial charge in [-0.1, -0.05) is 74.2 Å². The Hall–Kier alpha value is -0.760. The number of unbranched alkanes of at least 4 members (excludes halogenated alkanes) is 5.